The number of aromatic nitrogens is 2. The fourth-order valence-corrected chi connectivity index (χ4v) is 4.36. The average molecular weight is 504 g/mol. The van der Waals surface area contributed by atoms with Gasteiger partial charge in [-0.1, -0.05) is 49.7 Å². The zero-order valence-corrected chi connectivity index (χ0v) is 21.5. The average Bonchev–Trinajstić information content (AvgIpc) is 2.91. The summed E-state index contributed by atoms with van der Waals surface area (Å²) in [5.41, 5.74) is 2.34. The lowest BCUT2D eigenvalue weighted by atomic mass is 10.1. The van der Waals surface area contributed by atoms with E-state index in [0.717, 1.165) is 18.5 Å². The van der Waals surface area contributed by atoms with E-state index >= 15 is 0 Å². The molecule has 0 bridgehead atoms. The summed E-state index contributed by atoms with van der Waals surface area (Å²) in [6, 6.07) is 21.6. The third-order valence-electron chi connectivity index (χ3n) is 6.21. The molecule has 1 aromatic heterocycles. The minimum Gasteiger partial charge on any atom is -0.484 e. The van der Waals surface area contributed by atoms with Gasteiger partial charge in [0, 0.05) is 11.6 Å². The number of halogens is 1. The first-order chi connectivity index (χ1) is 17.4. The van der Waals surface area contributed by atoms with Gasteiger partial charge in [-0.05, 0) is 73.9 Å². The SMILES string of the molecule is CCCN(C(=O)COc1ccc(Cl)cc1)C(C)c1nc2ccccc2c(=O)n1-c1ccc(CC)cc1. The van der Waals surface area contributed by atoms with Crippen molar-refractivity contribution in [2.24, 2.45) is 0 Å². The number of rotatable bonds is 9. The van der Waals surface area contributed by atoms with Gasteiger partial charge in [0.25, 0.3) is 11.5 Å². The van der Waals surface area contributed by atoms with E-state index in [4.69, 9.17) is 21.3 Å². The molecule has 0 radical (unpaired) electrons. The van der Waals surface area contributed by atoms with Gasteiger partial charge in [0.05, 0.1) is 22.6 Å². The molecule has 0 saturated heterocycles. The van der Waals surface area contributed by atoms with E-state index in [1.807, 2.05) is 56.3 Å². The Morgan fingerprint density at radius 1 is 1.03 bits per heavy atom. The van der Waals surface area contributed by atoms with Crippen LogP contribution in [0.5, 0.6) is 5.75 Å². The Labute approximate surface area is 216 Å². The lowest BCUT2D eigenvalue weighted by molar-refractivity contribution is -0.135. The molecule has 3 aromatic carbocycles. The molecule has 1 amide bonds. The summed E-state index contributed by atoms with van der Waals surface area (Å²) in [5, 5.41) is 1.13. The standard InChI is InChI=1S/C29H30ClN3O3/c1-4-18-32(27(34)19-36-24-16-12-22(30)13-17-24)20(3)28-31-26-9-7-6-8-25(26)29(35)33(28)23-14-10-21(5-2)11-15-23/h6-17,20H,4-5,18-19H2,1-3H3. The van der Waals surface area contributed by atoms with Gasteiger partial charge >= 0.3 is 0 Å². The Hall–Kier alpha value is -3.64. The summed E-state index contributed by atoms with van der Waals surface area (Å²) in [5.74, 6) is 0.888. The van der Waals surface area contributed by atoms with Gasteiger partial charge in [0.2, 0.25) is 0 Å². The molecular weight excluding hydrogens is 474 g/mol. The highest BCUT2D eigenvalue weighted by molar-refractivity contribution is 6.30. The molecule has 6 nitrogen and oxygen atoms in total. The lowest BCUT2D eigenvalue weighted by Gasteiger charge is -2.30. The Balaban J connectivity index is 1.74. The van der Waals surface area contributed by atoms with E-state index in [1.54, 1.807) is 39.8 Å². The van der Waals surface area contributed by atoms with Crippen molar-refractivity contribution in [1.82, 2.24) is 14.5 Å². The molecule has 0 aliphatic heterocycles. The molecule has 1 atom stereocenters. The minimum atomic E-state index is -0.463. The second kappa shape index (κ2) is 11.4. The number of carbonyl (C=O) groups is 1. The van der Waals surface area contributed by atoms with Crippen LogP contribution < -0.4 is 10.3 Å². The van der Waals surface area contributed by atoms with Gasteiger partial charge in [-0.3, -0.25) is 14.2 Å². The van der Waals surface area contributed by atoms with Gasteiger partial charge in [-0.25, -0.2) is 4.98 Å². The highest BCUT2D eigenvalue weighted by Crippen LogP contribution is 2.24. The fourth-order valence-electron chi connectivity index (χ4n) is 4.23. The van der Waals surface area contributed by atoms with Crippen LogP contribution in [0.15, 0.2) is 77.6 Å². The van der Waals surface area contributed by atoms with Crippen molar-refractivity contribution in [3.8, 4) is 11.4 Å². The van der Waals surface area contributed by atoms with Gasteiger partial charge in [-0.15, -0.1) is 0 Å². The normalized spacial score (nSPS) is 11.9. The quantitative estimate of drug-likeness (QED) is 0.282. The Kier molecular flexibility index (Phi) is 8.06. The number of carbonyl (C=O) groups excluding carboxylic acids is 1. The highest BCUT2D eigenvalue weighted by atomic mass is 35.5. The van der Waals surface area contributed by atoms with Crippen molar-refractivity contribution in [2.45, 2.75) is 39.7 Å². The topological polar surface area (TPSA) is 64.4 Å². The molecule has 0 saturated carbocycles. The van der Waals surface area contributed by atoms with Crippen LogP contribution in [0.1, 0.15) is 44.6 Å². The van der Waals surface area contributed by atoms with Crippen molar-refractivity contribution in [3.63, 3.8) is 0 Å². The molecule has 1 unspecified atom stereocenters. The van der Waals surface area contributed by atoms with Gasteiger partial charge in [0.15, 0.2) is 6.61 Å². The van der Waals surface area contributed by atoms with Crippen LogP contribution in [0.4, 0.5) is 0 Å². The Morgan fingerprint density at radius 2 is 1.72 bits per heavy atom. The summed E-state index contributed by atoms with van der Waals surface area (Å²) in [4.78, 5) is 33.6. The van der Waals surface area contributed by atoms with E-state index in [0.29, 0.717) is 34.0 Å². The number of ether oxygens (including phenoxy) is 1. The number of para-hydroxylation sites is 1. The van der Waals surface area contributed by atoms with E-state index in [2.05, 4.69) is 6.92 Å². The summed E-state index contributed by atoms with van der Waals surface area (Å²) in [7, 11) is 0. The number of aryl methyl sites for hydroxylation is 1. The zero-order chi connectivity index (χ0) is 25.7. The van der Waals surface area contributed by atoms with E-state index in [-0.39, 0.29) is 18.1 Å². The summed E-state index contributed by atoms with van der Waals surface area (Å²) >= 11 is 5.95. The van der Waals surface area contributed by atoms with Crippen molar-refractivity contribution in [3.05, 3.63) is 99.6 Å². The molecule has 1 heterocycles. The lowest BCUT2D eigenvalue weighted by Crippen LogP contribution is -2.40. The monoisotopic (exact) mass is 503 g/mol. The smallest absolute Gasteiger partial charge is 0.266 e. The predicted molar refractivity (Wildman–Crippen MR) is 144 cm³/mol. The molecule has 7 heteroatoms. The molecule has 36 heavy (non-hydrogen) atoms. The summed E-state index contributed by atoms with van der Waals surface area (Å²) < 4.78 is 7.36. The van der Waals surface area contributed by atoms with Crippen molar-refractivity contribution >= 4 is 28.4 Å². The fraction of sp³-hybridized carbons (Fsp3) is 0.276. The third-order valence-corrected chi connectivity index (χ3v) is 6.46. The Morgan fingerprint density at radius 3 is 2.39 bits per heavy atom. The van der Waals surface area contributed by atoms with Gasteiger partial charge < -0.3 is 9.64 Å². The third kappa shape index (κ3) is 5.44. The highest BCUT2D eigenvalue weighted by Gasteiger charge is 2.26. The van der Waals surface area contributed by atoms with Crippen LogP contribution in [0, 0.1) is 0 Å². The number of nitrogens with zero attached hydrogens (tertiary/aromatic N) is 3. The van der Waals surface area contributed by atoms with Crippen LogP contribution in [0.25, 0.3) is 16.6 Å². The molecule has 0 fully saturated rings. The number of fused-ring (bicyclic) bond motifs is 1. The second-order valence-corrected chi connectivity index (χ2v) is 9.09. The molecule has 0 N–H and O–H groups in total. The first-order valence-electron chi connectivity index (χ1n) is 12.2. The first kappa shape index (κ1) is 25.5. The predicted octanol–water partition coefficient (Wildman–Crippen LogP) is 5.98. The molecular formula is C29H30ClN3O3. The van der Waals surface area contributed by atoms with Gasteiger partial charge in [-0.2, -0.15) is 0 Å². The second-order valence-electron chi connectivity index (χ2n) is 8.65. The maximum atomic E-state index is 13.7. The van der Waals surface area contributed by atoms with Crippen LogP contribution in [-0.2, 0) is 11.2 Å². The van der Waals surface area contributed by atoms with Crippen molar-refractivity contribution < 1.29 is 9.53 Å². The van der Waals surface area contributed by atoms with Gasteiger partial charge in [0.1, 0.15) is 11.6 Å². The van der Waals surface area contributed by atoms with Crippen LogP contribution in [-0.4, -0.2) is 33.5 Å². The molecule has 0 spiro atoms. The summed E-state index contributed by atoms with van der Waals surface area (Å²) in [6.45, 7) is 6.38. The first-order valence-corrected chi connectivity index (χ1v) is 12.6. The zero-order valence-electron chi connectivity index (χ0n) is 20.8. The number of hydrogen-bond donors (Lipinski definition) is 0. The van der Waals surface area contributed by atoms with Crippen LogP contribution in [0.3, 0.4) is 0 Å². The molecule has 4 rings (SSSR count). The Bertz CT molecular complexity index is 1400. The van der Waals surface area contributed by atoms with Crippen LogP contribution in [0.2, 0.25) is 5.02 Å². The maximum Gasteiger partial charge on any atom is 0.266 e. The van der Waals surface area contributed by atoms with Crippen LogP contribution >= 0.6 is 11.6 Å². The van der Waals surface area contributed by atoms with Crippen molar-refractivity contribution in [1.29, 1.82) is 0 Å². The number of benzene rings is 3. The largest absolute Gasteiger partial charge is 0.484 e. The number of amides is 1. The minimum absolute atomic E-state index is 0.130. The van der Waals surface area contributed by atoms with E-state index in [1.165, 1.54) is 5.56 Å². The molecule has 4 aromatic rings. The van der Waals surface area contributed by atoms with Crippen molar-refractivity contribution in [2.75, 3.05) is 13.2 Å². The van der Waals surface area contributed by atoms with E-state index < -0.39 is 6.04 Å². The maximum absolute atomic E-state index is 13.7. The van der Waals surface area contributed by atoms with E-state index in [9.17, 15) is 9.59 Å². The molecule has 0 aliphatic rings. The molecule has 0 aliphatic carbocycles. The molecule has 186 valence electrons. The summed E-state index contributed by atoms with van der Waals surface area (Å²) in [6.07, 6.45) is 1.65. The number of hydrogen-bond acceptors (Lipinski definition) is 4.